The monoisotopic (exact) mass is 253 g/mol. The lowest BCUT2D eigenvalue weighted by atomic mass is 10.3. The summed E-state index contributed by atoms with van der Waals surface area (Å²) >= 11 is 0. The molecule has 0 aliphatic rings. The van der Waals surface area contributed by atoms with Crippen LogP contribution in [0, 0.1) is 10.1 Å². The summed E-state index contributed by atoms with van der Waals surface area (Å²) in [6.45, 7) is 0.0620. The molecule has 9 heteroatoms. The maximum Gasteiger partial charge on any atom is 0.287 e. The fourth-order valence-electron chi connectivity index (χ4n) is 1.06. The van der Waals surface area contributed by atoms with Crippen molar-refractivity contribution in [3.63, 3.8) is 0 Å². The van der Waals surface area contributed by atoms with Crippen molar-refractivity contribution in [3.05, 3.63) is 34.1 Å². The molecule has 9 nitrogen and oxygen atoms in total. The van der Waals surface area contributed by atoms with Crippen LogP contribution in [0.5, 0.6) is 0 Å². The number of hydrogen-bond acceptors (Lipinski definition) is 6. The van der Waals surface area contributed by atoms with Crippen LogP contribution in [-0.4, -0.2) is 35.0 Å². The molecule has 1 rings (SSSR count). The minimum absolute atomic E-state index is 0.00105. The van der Waals surface area contributed by atoms with Gasteiger partial charge in [0.2, 0.25) is 0 Å². The third-order valence-corrected chi connectivity index (χ3v) is 1.87. The number of carboxylic acid groups (broad SMARTS) is 1. The van der Waals surface area contributed by atoms with Gasteiger partial charge in [0.05, 0.1) is 4.92 Å². The summed E-state index contributed by atoms with van der Waals surface area (Å²) in [5.74, 6) is -0.551. The van der Waals surface area contributed by atoms with Crippen LogP contribution < -0.4 is 15.7 Å². The van der Waals surface area contributed by atoms with Crippen molar-refractivity contribution >= 4 is 17.7 Å². The molecule has 0 radical (unpaired) electrons. The molecule has 1 heterocycles. The largest absolute Gasteiger partial charge is 0.530 e. The van der Waals surface area contributed by atoms with Gasteiger partial charge < -0.3 is 20.5 Å². The van der Waals surface area contributed by atoms with Gasteiger partial charge >= 0.3 is 0 Å². The first-order valence-corrected chi connectivity index (χ1v) is 4.84. The Morgan fingerprint density at radius 1 is 1.28 bits per heavy atom. The molecular formula is C9H9N4O5-. The fourth-order valence-corrected chi connectivity index (χ4v) is 1.06. The Morgan fingerprint density at radius 3 is 2.44 bits per heavy atom. The first-order chi connectivity index (χ1) is 8.50. The van der Waals surface area contributed by atoms with E-state index in [1.165, 1.54) is 6.07 Å². The number of carbonyl (C=O) groups excluding carboxylic acids is 2. The number of carbonyl (C=O) groups is 2. The molecule has 18 heavy (non-hydrogen) atoms. The standard InChI is InChI=1S/C9H10N4O5/c14-8(10-3-4-11-9(15)16)7-2-1-6(5-12-7)13(17)18/h1-2,5,11H,3-4H2,(H,10,14)(H,15,16)/p-1. The lowest BCUT2D eigenvalue weighted by molar-refractivity contribution is -0.385. The number of hydrogen-bond donors (Lipinski definition) is 2. The van der Waals surface area contributed by atoms with E-state index in [9.17, 15) is 24.8 Å². The van der Waals surface area contributed by atoms with E-state index in [1.54, 1.807) is 0 Å². The molecule has 2 amide bonds. The van der Waals surface area contributed by atoms with Crippen LogP contribution in [0.3, 0.4) is 0 Å². The van der Waals surface area contributed by atoms with Gasteiger partial charge in [0.1, 0.15) is 18.0 Å². The summed E-state index contributed by atoms with van der Waals surface area (Å²) < 4.78 is 0. The summed E-state index contributed by atoms with van der Waals surface area (Å²) in [6.07, 6.45) is -0.466. The van der Waals surface area contributed by atoms with Crippen LogP contribution in [0.4, 0.5) is 10.5 Å². The van der Waals surface area contributed by atoms with E-state index in [2.05, 4.69) is 10.3 Å². The maximum atomic E-state index is 11.4. The van der Waals surface area contributed by atoms with E-state index < -0.39 is 16.9 Å². The van der Waals surface area contributed by atoms with Crippen LogP contribution in [0.2, 0.25) is 0 Å². The zero-order valence-corrected chi connectivity index (χ0v) is 9.08. The summed E-state index contributed by atoms with van der Waals surface area (Å²) in [5, 5.41) is 24.7. The third-order valence-electron chi connectivity index (χ3n) is 1.87. The Hall–Kier alpha value is -2.71. The van der Waals surface area contributed by atoms with E-state index in [1.807, 2.05) is 5.32 Å². The topological polar surface area (TPSA) is 137 Å². The average Bonchev–Trinajstić information content (AvgIpc) is 2.34. The van der Waals surface area contributed by atoms with Crippen molar-refractivity contribution in [2.75, 3.05) is 13.1 Å². The van der Waals surface area contributed by atoms with Crippen LogP contribution >= 0.6 is 0 Å². The number of nitrogens with one attached hydrogen (secondary N) is 2. The van der Waals surface area contributed by atoms with Crippen LogP contribution in [0.25, 0.3) is 0 Å². The van der Waals surface area contributed by atoms with Crippen molar-refractivity contribution in [2.45, 2.75) is 0 Å². The van der Waals surface area contributed by atoms with Gasteiger partial charge in [-0.25, -0.2) is 4.98 Å². The molecule has 1 aromatic heterocycles. The molecule has 0 saturated carbocycles. The van der Waals surface area contributed by atoms with Gasteiger partial charge in [0.25, 0.3) is 11.6 Å². The predicted molar refractivity (Wildman–Crippen MR) is 56.6 cm³/mol. The number of amides is 2. The Kier molecular flexibility index (Phi) is 4.55. The molecule has 1 aromatic rings. The molecule has 0 aromatic carbocycles. The molecule has 0 unspecified atom stereocenters. The van der Waals surface area contributed by atoms with Gasteiger partial charge in [0.15, 0.2) is 0 Å². The molecular weight excluding hydrogens is 244 g/mol. The summed E-state index contributed by atoms with van der Waals surface area (Å²) in [5.41, 5.74) is -0.209. The first-order valence-electron chi connectivity index (χ1n) is 4.84. The lowest BCUT2D eigenvalue weighted by Crippen LogP contribution is -2.41. The molecule has 0 bridgehead atoms. The highest BCUT2D eigenvalue weighted by atomic mass is 16.6. The van der Waals surface area contributed by atoms with Gasteiger partial charge in [-0.15, -0.1) is 0 Å². The summed E-state index contributed by atoms with van der Waals surface area (Å²) in [7, 11) is 0. The molecule has 0 saturated heterocycles. The summed E-state index contributed by atoms with van der Waals surface area (Å²) in [6, 6.07) is 2.36. The Balaban J connectivity index is 2.46. The summed E-state index contributed by atoms with van der Waals surface area (Å²) in [4.78, 5) is 34.8. The Labute approximate surface area is 101 Å². The van der Waals surface area contributed by atoms with Crippen molar-refractivity contribution in [1.82, 2.24) is 15.6 Å². The SMILES string of the molecule is O=C([O-])NCCNC(=O)c1ccc([N+](=O)[O-])cn1. The number of aromatic nitrogens is 1. The van der Waals surface area contributed by atoms with Crippen molar-refractivity contribution in [2.24, 2.45) is 0 Å². The highest BCUT2D eigenvalue weighted by Crippen LogP contribution is 2.08. The van der Waals surface area contributed by atoms with Crippen molar-refractivity contribution < 1.29 is 19.6 Å². The normalized spacial score (nSPS) is 9.56. The first kappa shape index (κ1) is 13.4. The molecule has 0 aliphatic carbocycles. The number of nitrogens with zero attached hydrogens (tertiary/aromatic N) is 2. The number of nitro groups is 1. The quantitative estimate of drug-likeness (QED) is 0.378. The second-order valence-electron chi connectivity index (χ2n) is 3.13. The van der Waals surface area contributed by atoms with Crippen molar-refractivity contribution in [1.29, 1.82) is 0 Å². The van der Waals surface area contributed by atoms with Gasteiger partial charge in [0, 0.05) is 19.2 Å². The fraction of sp³-hybridized carbons (Fsp3) is 0.222. The zero-order valence-electron chi connectivity index (χ0n) is 9.08. The molecule has 0 aliphatic heterocycles. The Morgan fingerprint density at radius 2 is 1.94 bits per heavy atom. The van der Waals surface area contributed by atoms with Crippen LogP contribution in [-0.2, 0) is 0 Å². The smallest absolute Gasteiger partial charge is 0.287 e. The molecule has 0 fully saturated rings. The third kappa shape index (κ3) is 4.04. The van der Waals surface area contributed by atoms with Crippen LogP contribution in [0.1, 0.15) is 10.5 Å². The van der Waals surface area contributed by atoms with E-state index in [-0.39, 0.29) is 24.5 Å². The predicted octanol–water partition coefficient (Wildman–Crippen LogP) is -1.35. The highest BCUT2D eigenvalue weighted by molar-refractivity contribution is 5.92. The molecule has 2 N–H and O–H groups in total. The van der Waals surface area contributed by atoms with E-state index >= 15 is 0 Å². The minimum atomic E-state index is -1.43. The van der Waals surface area contributed by atoms with Gasteiger partial charge in [-0.3, -0.25) is 14.9 Å². The second kappa shape index (κ2) is 6.13. The van der Waals surface area contributed by atoms with Crippen LogP contribution in [0.15, 0.2) is 18.3 Å². The number of pyridine rings is 1. The Bertz CT molecular complexity index is 459. The van der Waals surface area contributed by atoms with Gasteiger partial charge in [-0.05, 0) is 6.07 Å². The van der Waals surface area contributed by atoms with E-state index in [0.29, 0.717) is 0 Å². The van der Waals surface area contributed by atoms with Crippen molar-refractivity contribution in [3.8, 4) is 0 Å². The molecule has 96 valence electrons. The molecule has 0 atom stereocenters. The second-order valence-corrected chi connectivity index (χ2v) is 3.13. The lowest BCUT2D eigenvalue weighted by Gasteiger charge is -2.07. The number of rotatable bonds is 5. The minimum Gasteiger partial charge on any atom is -0.530 e. The highest BCUT2D eigenvalue weighted by Gasteiger charge is 2.10. The van der Waals surface area contributed by atoms with Gasteiger partial charge in [-0.1, -0.05) is 0 Å². The maximum absolute atomic E-state index is 11.4. The average molecular weight is 253 g/mol. The van der Waals surface area contributed by atoms with E-state index in [4.69, 9.17) is 0 Å². The zero-order chi connectivity index (χ0) is 13.5. The van der Waals surface area contributed by atoms with E-state index in [0.717, 1.165) is 12.3 Å². The molecule has 0 spiro atoms. The van der Waals surface area contributed by atoms with Gasteiger partial charge in [-0.2, -0.15) is 0 Å².